The van der Waals surface area contributed by atoms with Crippen LogP contribution in [0.1, 0.15) is 5.56 Å². The van der Waals surface area contributed by atoms with Crippen LogP contribution < -0.4 is 10.6 Å². The van der Waals surface area contributed by atoms with Gasteiger partial charge in [-0.25, -0.2) is 4.39 Å². The van der Waals surface area contributed by atoms with E-state index in [1.165, 1.54) is 18.2 Å². The number of nitrogens with zero attached hydrogens (tertiary/aromatic N) is 1. The van der Waals surface area contributed by atoms with Gasteiger partial charge in [0.25, 0.3) is 5.69 Å². The number of anilines is 1. The first-order valence-electron chi connectivity index (χ1n) is 6.70. The first-order valence-corrected chi connectivity index (χ1v) is 7.07. The minimum Gasteiger partial charge on any atom is -0.384 e. The van der Waals surface area contributed by atoms with Crippen LogP contribution in [0.4, 0.5) is 15.8 Å². The summed E-state index contributed by atoms with van der Waals surface area (Å²) in [7, 11) is 0. The first kappa shape index (κ1) is 19.2. The number of benzene rings is 2. The molecule has 2 N–H and O–H groups in total. The summed E-state index contributed by atoms with van der Waals surface area (Å²) >= 11 is 5.93. The molecule has 23 heavy (non-hydrogen) atoms. The SMILES string of the molecule is Cl.O=[N+]([O-])c1ccc(NCCNCc2c(F)cccc2Cl)cc1. The lowest BCUT2D eigenvalue weighted by atomic mass is 10.2. The molecule has 0 aromatic heterocycles. The molecule has 0 saturated heterocycles. The monoisotopic (exact) mass is 359 g/mol. The van der Waals surface area contributed by atoms with Crippen LogP contribution in [0.25, 0.3) is 0 Å². The fraction of sp³-hybridized carbons (Fsp3) is 0.200. The molecule has 0 fully saturated rings. The van der Waals surface area contributed by atoms with E-state index in [0.717, 1.165) is 5.69 Å². The van der Waals surface area contributed by atoms with Crippen LogP contribution in [0.15, 0.2) is 42.5 Å². The van der Waals surface area contributed by atoms with Gasteiger partial charge in [-0.15, -0.1) is 12.4 Å². The molecule has 2 aromatic carbocycles. The van der Waals surface area contributed by atoms with Crippen molar-refractivity contribution in [2.75, 3.05) is 18.4 Å². The summed E-state index contributed by atoms with van der Waals surface area (Å²) in [5.74, 6) is -0.330. The zero-order chi connectivity index (χ0) is 15.9. The van der Waals surface area contributed by atoms with Crippen molar-refractivity contribution in [1.29, 1.82) is 0 Å². The molecule has 0 radical (unpaired) electrons. The summed E-state index contributed by atoms with van der Waals surface area (Å²) in [5.41, 5.74) is 1.29. The molecule has 5 nitrogen and oxygen atoms in total. The number of nitro groups is 1. The third-order valence-electron chi connectivity index (χ3n) is 3.07. The maximum absolute atomic E-state index is 13.5. The highest BCUT2D eigenvalue weighted by molar-refractivity contribution is 6.31. The molecule has 0 bridgehead atoms. The Kier molecular flexibility index (Phi) is 7.74. The Bertz CT molecular complexity index is 633. The molecule has 0 aliphatic rings. The number of hydrogen-bond donors (Lipinski definition) is 2. The molecule has 8 heteroatoms. The molecule has 0 atom stereocenters. The quantitative estimate of drug-likeness (QED) is 0.445. The van der Waals surface area contributed by atoms with Crippen LogP contribution in [-0.2, 0) is 6.54 Å². The standard InChI is InChI=1S/C15H15ClFN3O2.ClH/c16-14-2-1-3-15(17)13(14)10-18-8-9-19-11-4-6-12(7-5-11)20(21)22;/h1-7,18-19H,8-10H2;1H. The summed E-state index contributed by atoms with van der Waals surface area (Å²) in [6, 6.07) is 10.8. The largest absolute Gasteiger partial charge is 0.384 e. The smallest absolute Gasteiger partial charge is 0.269 e. The molecule has 0 spiro atoms. The molecule has 0 unspecified atom stereocenters. The lowest BCUT2D eigenvalue weighted by molar-refractivity contribution is -0.384. The number of rotatable bonds is 7. The molecule has 0 saturated carbocycles. The molecular formula is C15H16Cl2FN3O2. The second kappa shape index (κ2) is 9.29. The van der Waals surface area contributed by atoms with Gasteiger partial charge in [0.05, 0.1) is 4.92 Å². The zero-order valence-electron chi connectivity index (χ0n) is 12.1. The third-order valence-corrected chi connectivity index (χ3v) is 3.43. The van der Waals surface area contributed by atoms with Crippen molar-refractivity contribution in [2.45, 2.75) is 6.54 Å². The zero-order valence-corrected chi connectivity index (χ0v) is 13.7. The van der Waals surface area contributed by atoms with E-state index in [1.807, 2.05) is 0 Å². The van der Waals surface area contributed by atoms with Gasteiger partial charge in [0, 0.05) is 48.0 Å². The normalized spacial score (nSPS) is 10.0. The number of non-ortho nitro benzene ring substituents is 1. The highest BCUT2D eigenvalue weighted by atomic mass is 35.5. The van der Waals surface area contributed by atoms with Crippen molar-refractivity contribution in [2.24, 2.45) is 0 Å². The fourth-order valence-electron chi connectivity index (χ4n) is 1.91. The molecular weight excluding hydrogens is 344 g/mol. The molecule has 0 amide bonds. The van der Waals surface area contributed by atoms with Gasteiger partial charge in [-0.05, 0) is 24.3 Å². The summed E-state index contributed by atoms with van der Waals surface area (Å²) in [4.78, 5) is 10.1. The van der Waals surface area contributed by atoms with Crippen LogP contribution in [0.2, 0.25) is 5.02 Å². The highest BCUT2D eigenvalue weighted by Crippen LogP contribution is 2.18. The van der Waals surface area contributed by atoms with Crippen molar-refractivity contribution in [1.82, 2.24) is 5.32 Å². The number of hydrogen-bond acceptors (Lipinski definition) is 4. The Morgan fingerprint density at radius 1 is 1.13 bits per heavy atom. The van der Waals surface area contributed by atoms with Gasteiger partial charge >= 0.3 is 0 Å². The van der Waals surface area contributed by atoms with E-state index >= 15 is 0 Å². The van der Waals surface area contributed by atoms with Gasteiger partial charge in [0.15, 0.2) is 0 Å². The van der Waals surface area contributed by atoms with Gasteiger partial charge < -0.3 is 10.6 Å². The number of nitro benzene ring substituents is 1. The molecule has 2 rings (SSSR count). The average molecular weight is 360 g/mol. The summed E-state index contributed by atoms with van der Waals surface area (Å²) in [5, 5.41) is 17.1. The first-order chi connectivity index (χ1) is 10.6. The Labute approximate surface area is 144 Å². The lowest BCUT2D eigenvalue weighted by Crippen LogP contribution is -2.22. The molecule has 0 aliphatic carbocycles. The van der Waals surface area contributed by atoms with E-state index in [0.29, 0.717) is 30.2 Å². The van der Waals surface area contributed by atoms with Crippen LogP contribution in [0.5, 0.6) is 0 Å². The summed E-state index contributed by atoms with van der Waals surface area (Å²) in [6.07, 6.45) is 0. The minimum absolute atomic E-state index is 0. The van der Waals surface area contributed by atoms with Crippen LogP contribution >= 0.6 is 24.0 Å². The Morgan fingerprint density at radius 2 is 1.83 bits per heavy atom. The highest BCUT2D eigenvalue weighted by Gasteiger charge is 2.06. The van der Waals surface area contributed by atoms with Crippen molar-refractivity contribution in [3.05, 3.63) is 69.0 Å². The van der Waals surface area contributed by atoms with E-state index in [1.54, 1.807) is 24.3 Å². The van der Waals surface area contributed by atoms with Crippen molar-refractivity contribution >= 4 is 35.4 Å². The molecule has 2 aromatic rings. The summed E-state index contributed by atoms with van der Waals surface area (Å²) < 4.78 is 13.5. The van der Waals surface area contributed by atoms with E-state index in [9.17, 15) is 14.5 Å². The lowest BCUT2D eigenvalue weighted by Gasteiger charge is -2.09. The van der Waals surface area contributed by atoms with Crippen molar-refractivity contribution < 1.29 is 9.31 Å². The average Bonchev–Trinajstić information content (AvgIpc) is 2.50. The molecule has 0 aliphatic heterocycles. The van der Waals surface area contributed by atoms with E-state index < -0.39 is 4.92 Å². The maximum atomic E-state index is 13.5. The van der Waals surface area contributed by atoms with Gasteiger partial charge in [0.1, 0.15) is 5.82 Å². The van der Waals surface area contributed by atoms with Crippen LogP contribution in [-0.4, -0.2) is 18.0 Å². The number of nitrogens with one attached hydrogen (secondary N) is 2. The Morgan fingerprint density at radius 3 is 2.43 bits per heavy atom. The Hall–Kier alpha value is -1.89. The second-order valence-electron chi connectivity index (χ2n) is 4.61. The predicted octanol–water partition coefficient (Wildman–Crippen LogP) is 4.01. The van der Waals surface area contributed by atoms with E-state index in [2.05, 4.69) is 10.6 Å². The minimum atomic E-state index is -0.441. The van der Waals surface area contributed by atoms with Gasteiger partial charge in [-0.3, -0.25) is 10.1 Å². The van der Waals surface area contributed by atoms with E-state index in [-0.39, 0.29) is 23.9 Å². The van der Waals surface area contributed by atoms with Crippen molar-refractivity contribution in [3.63, 3.8) is 0 Å². The van der Waals surface area contributed by atoms with Crippen LogP contribution in [0, 0.1) is 15.9 Å². The van der Waals surface area contributed by atoms with Gasteiger partial charge in [-0.2, -0.15) is 0 Å². The summed E-state index contributed by atoms with van der Waals surface area (Å²) in [6.45, 7) is 1.54. The van der Waals surface area contributed by atoms with Crippen LogP contribution in [0.3, 0.4) is 0 Å². The second-order valence-corrected chi connectivity index (χ2v) is 5.01. The Balaban J connectivity index is 0.00000264. The van der Waals surface area contributed by atoms with Crippen molar-refractivity contribution in [3.8, 4) is 0 Å². The predicted molar refractivity (Wildman–Crippen MR) is 92.0 cm³/mol. The maximum Gasteiger partial charge on any atom is 0.269 e. The molecule has 124 valence electrons. The van der Waals surface area contributed by atoms with E-state index in [4.69, 9.17) is 11.6 Å². The topological polar surface area (TPSA) is 67.2 Å². The van der Waals surface area contributed by atoms with Gasteiger partial charge in [0.2, 0.25) is 0 Å². The third kappa shape index (κ3) is 5.67. The number of halogens is 3. The molecule has 0 heterocycles. The van der Waals surface area contributed by atoms with Gasteiger partial charge in [-0.1, -0.05) is 17.7 Å². The fourth-order valence-corrected chi connectivity index (χ4v) is 2.14.